The Hall–Kier alpha value is -2.77. The highest BCUT2D eigenvalue weighted by molar-refractivity contribution is 7.21. The molecule has 0 aliphatic carbocycles. The highest BCUT2D eigenvalue weighted by Crippen LogP contribution is 2.34. The maximum Gasteiger partial charge on any atom is 0.348 e. The molecule has 1 saturated heterocycles. The summed E-state index contributed by atoms with van der Waals surface area (Å²) in [5.41, 5.74) is 1.17. The fraction of sp³-hybridized carbons (Fsp3) is 0.273. The number of halogens is 1. The SMILES string of the molecule is COC(=O)c1sc2ccccc2c1CN(C)C1CCN(c2ccccc2F)C1=O. The van der Waals surface area contributed by atoms with Crippen molar-refractivity contribution in [2.75, 3.05) is 25.6 Å². The van der Waals surface area contributed by atoms with Gasteiger partial charge >= 0.3 is 5.97 Å². The van der Waals surface area contributed by atoms with Crippen molar-refractivity contribution in [3.8, 4) is 0 Å². The van der Waals surface area contributed by atoms with Crippen LogP contribution >= 0.6 is 11.3 Å². The molecule has 1 aliphatic heterocycles. The van der Waals surface area contributed by atoms with E-state index < -0.39 is 5.82 Å². The number of hydrogen-bond acceptors (Lipinski definition) is 5. The smallest absolute Gasteiger partial charge is 0.348 e. The standard InChI is InChI=1S/C22H21FN2O3S/c1-24(18-11-12-25(21(18)26)17-9-5-4-8-16(17)23)13-15-14-7-3-6-10-19(14)29-20(15)22(27)28-2/h3-10,18H,11-13H2,1-2H3. The first-order chi connectivity index (χ1) is 14.0. The summed E-state index contributed by atoms with van der Waals surface area (Å²) in [6.07, 6.45) is 0.597. The Balaban J connectivity index is 1.60. The third-order valence-electron chi connectivity index (χ3n) is 5.33. The van der Waals surface area contributed by atoms with Crippen molar-refractivity contribution in [3.63, 3.8) is 0 Å². The Bertz CT molecular complexity index is 1080. The number of rotatable bonds is 5. The van der Waals surface area contributed by atoms with E-state index in [1.165, 1.54) is 29.4 Å². The second-order valence-corrected chi connectivity index (χ2v) is 8.11. The zero-order chi connectivity index (χ0) is 20.5. The molecule has 2 aromatic carbocycles. The first-order valence-electron chi connectivity index (χ1n) is 9.36. The molecule has 4 rings (SSSR count). The quantitative estimate of drug-likeness (QED) is 0.593. The second kappa shape index (κ2) is 7.93. The van der Waals surface area contributed by atoms with Crippen LogP contribution < -0.4 is 4.90 Å². The Morgan fingerprint density at radius 3 is 2.72 bits per heavy atom. The molecule has 0 bridgehead atoms. The van der Waals surface area contributed by atoms with Gasteiger partial charge in [-0.1, -0.05) is 30.3 Å². The monoisotopic (exact) mass is 412 g/mol. The zero-order valence-corrected chi connectivity index (χ0v) is 17.0. The summed E-state index contributed by atoms with van der Waals surface area (Å²) in [5, 5.41) is 0.987. The molecule has 1 aromatic heterocycles. The van der Waals surface area contributed by atoms with Crippen molar-refractivity contribution < 1.29 is 18.7 Å². The molecule has 1 atom stereocenters. The van der Waals surface area contributed by atoms with Gasteiger partial charge in [0.2, 0.25) is 5.91 Å². The van der Waals surface area contributed by atoms with E-state index in [9.17, 15) is 14.0 Å². The van der Waals surface area contributed by atoms with Crippen LogP contribution in [0, 0.1) is 5.82 Å². The van der Waals surface area contributed by atoms with Gasteiger partial charge in [0.15, 0.2) is 0 Å². The normalized spacial score (nSPS) is 16.8. The molecular weight excluding hydrogens is 391 g/mol. The van der Waals surface area contributed by atoms with E-state index in [0.717, 1.165) is 15.6 Å². The van der Waals surface area contributed by atoms with Crippen molar-refractivity contribution in [2.24, 2.45) is 0 Å². The van der Waals surface area contributed by atoms with Gasteiger partial charge < -0.3 is 9.64 Å². The molecule has 1 amide bonds. The van der Waals surface area contributed by atoms with Crippen LogP contribution in [0.25, 0.3) is 10.1 Å². The minimum atomic E-state index is -0.402. The third kappa shape index (κ3) is 3.52. The molecule has 0 radical (unpaired) electrons. The van der Waals surface area contributed by atoms with Gasteiger partial charge in [0.05, 0.1) is 18.8 Å². The van der Waals surface area contributed by atoms with Crippen molar-refractivity contribution >= 4 is 39.0 Å². The average molecular weight is 412 g/mol. The molecule has 3 aromatic rings. The molecule has 5 nitrogen and oxygen atoms in total. The van der Waals surface area contributed by atoms with E-state index in [4.69, 9.17) is 4.74 Å². The Kier molecular flexibility index (Phi) is 5.34. The molecule has 29 heavy (non-hydrogen) atoms. The van der Waals surface area contributed by atoms with Gasteiger partial charge in [-0.15, -0.1) is 11.3 Å². The predicted molar refractivity (Wildman–Crippen MR) is 112 cm³/mol. The Morgan fingerprint density at radius 2 is 1.97 bits per heavy atom. The zero-order valence-electron chi connectivity index (χ0n) is 16.2. The van der Waals surface area contributed by atoms with Crippen molar-refractivity contribution in [1.29, 1.82) is 0 Å². The minimum Gasteiger partial charge on any atom is -0.465 e. The molecule has 1 fully saturated rings. The van der Waals surface area contributed by atoms with Crippen molar-refractivity contribution in [2.45, 2.75) is 19.0 Å². The molecule has 1 unspecified atom stereocenters. The number of esters is 1. The molecule has 150 valence electrons. The highest BCUT2D eigenvalue weighted by atomic mass is 32.1. The van der Waals surface area contributed by atoms with E-state index in [-0.39, 0.29) is 17.9 Å². The highest BCUT2D eigenvalue weighted by Gasteiger charge is 2.36. The number of likely N-dealkylation sites (N-methyl/N-ethyl adjacent to an activating group) is 1. The molecule has 0 saturated carbocycles. The average Bonchev–Trinajstić information content (AvgIpc) is 3.29. The lowest BCUT2D eigenvalue weighted by molar-refractivity contribution is -0.121. The van der Waals surface area contributed by atoms with E-state index in [1.54, 1.807) is 18.2 Å². The van der Waals surface area contributed by atoms with Crippen molar-refractivity contribution in [1.82, 2.24) is 4.90 Å². The number of thiophene rings is 1. The third-order valence-corrected chi connectivity index (χ3v) is 6.52. The molecular formula is C22H21FN2O3S. The summed E-state index contributed by atoms with van der Waals surface area (Å²) in [4.78, 5) is 29.3. The maximum atomic E-state index is 14.1. The second-order valence-electron chi connectivity index (χ2n) is 7.06. The Labute approximate surface area is 172 Å². The number of benzene rings is 2. The van der Waals surface area contributed by atoms with E-state index in [1.807, 2.05) is 36.2 Å². The summed E-state index contributed by atoms with van der Waals surface area (Å²) >= 11 is 1.40. The number of carbonyl (C=O) groups excluding carboxylic acids is 2. The van der Waals surface area contributed by atoms with Crippen molar-refractivity contribution in [3.05, 3.63) is 64.8 Å². The fourth-order valence-corrected chi connectivity index (χ4v) is 4.99. The lowest BCUT2D eigenvalue weighted by Crippen LogP contribution is -2.39. The van der Waals surface area contributed by atoms with Crippen LogP contribution in [-0.2, 0) is 16.1 Å². The number of para-hydroxylation sites is 1. The first-order valence-corrected chi connectivity index (χ1v) is 10.2. The molecule has 2 heterocycles. The fourth-order valence-electron chi connectivity index (χ4n) is 3.86. The summed E-state index contributed by atoms with van der Waals surface area (Å²) in [6.45, 7) is 0.888. The lowest BCUT2D eigenvalue weighted by atomic mass is 10.1. The van der Waals surface area contributed by atoms with Crippen LogP contribution in [0.3, 0.4) is 0 Å². The number of ether oxygens (including phenoxy) is 1. The van der Waals surface area contributed by atoms with Gasteiger partial charge in [0.1, 0.15) is 10.7 Å². The number of methoxy groups -OCH3 is 1. The summed E-state index contributed by atoms with van der Waals surface area (Å²) < 4.78 is 20.1. The molecule has 1 aliphatic rings. The Morgan fingerprint density at radius 1 is 1.24 bits per heavy atom. The van der Waals surface area contributed by atoms with Gasteiger partial charge in [-0.2, -0.15) is 0 Å². The lowest BCUT2D eigenvalue weighted by Gasteiger charge is -2.24. The number of fused-ring (bicyclic) bond motifs is 1. The number of hydrogen-bond donors (Lipinski definition) is 0. The number of nitrogens with zero attached hydrogens (tertiary/aromatic N) is 2. The van der Waals surface area contributed by atoms with Crippen LogP contribution in [-0.4, -0.2) is 43.5 Å². The summed E-state index contributed by atoms with van der Waals surface area (Å²) in [5.74, 6) is -0.905. The molecule has 7 heteroatoms. The van der Waals surface area contributed by atoms with Gasteiger partial charge in [-0.3, -0.25) is 9.69 Å². The topological polar surface area (TPSA) is 49.9 Å². The molecule has 0 spiro atoms. The van der Waals surface area contributed by atoms with Crippen LogP contribution in [0.2, 0.25) is 0 Å². The predicted octanol–water partition coefficient (Wildman–Crippen LogP) is 4.06. The largest absolute Gasteiger partial charge is 0.465 e. The summed E-state index contributed by atoms with van der Waals surface area (Å²) in [7, 11) is 3.23. The first kappa shape index (κ1) is 19.5. The van der Waals surface area contributed by atoms with Gasteiger partial charge in [-0.05, 0) is 42.6 Å². The van der Waals surface area contributed by atoms with E-state index in [0.29, 0.717) is 30.1 Å². The van der Waals surface area contributed by atoms with Gasteiger partial charge in [0, 0.05) is 17.8 Å². The number of amides is 1. The molecule has 0 N–H and O–H groups in total. The van der Waals surface area contributed by atoms with E-state index in [2.05, 4.69) is 0 Å². The van der Waals surface area contributed by atoms with Crippen LogP contribution in [0.4, 0.5) is 10.1 Å². The van der Waals surface area contributed by atoms with Crippen LogP contribution in [0.5, 0.6) is 0 Å². The number of carbonyl (C=O) groups is 2. The van der Waals surface area contributed by atoms with Crippen LogP contribution in [0.15, 0.2) is 48.5 Å². The van der Waals surface area contributed by atoms with Gasteiger partial charge in [0.25, 0.3) is 0 Å². The minimum absolute atomic E-state index is 0.128. The number of anilines is 1. The van der Waals surface area contributed by atoms with Gasteiger partial charge in [-0.25, -0.2) is 9.18 Å². The van der Waals surface area contributed by atoms with Crippen LogP contribution in [0.1, 0.15) is 21.7 Å². The van der Waals surface area contributed by atoms with E-state index >= 15 is 0 Å². The summed E-state index contributed by atoms with van der Waals surface area (Å²) in [6, 6.07) is 13.7. The maximum absolute atomic E-state index is 14.1.